The number of aliphatic hydroxyl groups is 1. The molecule has 0 radical (unpaired) electrons. The van der Waals surface area contributed by atoms with Crippen molar-refractivity contribution in [2.75, 3.05) is 6.61 Å². The van der Waals surface area contributed by atoms with E-state index in [0.717, 1.165) is 6.07 Å². The maximum absolute atomic E-state index is 12.6. The van der Waals surface area contributed by atoms with E-state index in [9.17, 15) is 18.0 Å². The number of alkyl halides is 3. The van der Waals surface area contributed by atoms with Gasteiger partial charge in [0.2, 0.25) is 0 Å². The molecule has 0 heterocycles. The molecule has 0 aliphatic rings. The third-order valence-corrected chi connectivity index (χ3v) is 3.07. The molecule has 1 unspecified atom stereocenters. The number of hydrogen-bond donors (Lipinski definition) is 3. The molecule has 0 fully saturated rings. The Morgan fingerprint density at radius 1 is 1.35 bits per heavy atom. The SMILES string of the molecule is Cc1cc(CNC(C)(CO)C(=O)O)ccc1C(F)(F)F. The standard InChI is InChI=1S/C13H16F3NO3/c1-8-5-9(3-4-10(8)13(14,15)16)6-17-12(2,7-18)11(19)20/h3-5,17-18H,6-7H2,1-2H3,(H,19,20). The Kier molecular flexibility index (Phi) is 4.77. The first-order chi connectivity index (χ1) is 9.10. The Morgan fingerprint density at radius 2 is 1.95 bits per heavy atom. The third kappa shape index (κ3) is 3.71. The van der Waals surface area contributed by atoms with Gasteiger partial charge in [-0.05, 0) is 31.0 Å². The highest BCUT2D eigenvalue weighted by atomic mass is 19.4. The lowest BCUT2D eigenvalue weighted by molar-refractivity contribution is -0.146. The summed E-state index contributed by atoms with van der Waals surface area (Å²) in [5.41, 5.74) is -1.67. The minimum absolute atomic E-state index is 0.0440. The summed E-state index contributed by atoms with van der Waals surface area (Å²) in [6, 6.07) is 3.58. The van der Waals surface area contributed by atoms with Gasteiger partial charge in [0.15, 0.2) is 0 Å². The molecule has 0 saturated heterocycles. The van der Waals surface area contributed by atoms with E-state index < -0.39 is 29.9 Å². The van der Waals surface area contributed by atoms with Gasteiger partial charge in [-0.2, -0.15) is 13.2 Å². The fourth-order valence-corrected chi connectivity index (χ4v) is 1.65. The predicted molar refractivity (Wildman–Crippen MR) is 66.1 cm³/mol. The van der Waals surface area contributed by atoms with Crippen molar-refractivity contribution in [2.24, 2.45) is 0 Å². The number of aliphatic carboxylic acids is 1. The van der Waals surface area contributed by atoms with Crippen molar-refractivity contribution in [3.05, 3.63) is 34.9 Å². The van der Waals surface area contributed by atoms with Gasteiger partial charge in [0, 0.05) is 6.54 Å². The lowest BCUT2D eigenvalue weighted by atomic mass is 10.0. The molecule has 1 rings (SSSR count). The molecular weight excluding hydrogens is 275 g/mol. The smallest absolute Gasteiger partial charge is 0.416 e. The van der Waals surface area contributed by atoms with Gasteiger partial charge in [-0.25, -0.2) is 0 Å². The van der Waals surface area contributed by atoms with Crippen LogP contribution in [0.4, 0.5) is 13.2 Å². The topological polar surface area (TPSA) is 69.6 Å². The van der Waals surface area contributed by atoms with Crippen molar-refractivity contribution in [3.63, 3.8) is 0 Å². The van der Waals surface area contributed by atoms with Crippen molar-refractivity contribution < 1.29 is 28.2 Å². The second kappa shape index (κ2) is 5.80. The molecule has 112 valence electrons. The molecule has 0 spiro atoms. The number of aryl methyl sites for hydroxylation is 1. The maximum Gasteiger partial charge on any atom is 0.416 e. The minimum Gasteiger partial charge on any atom is -0.480 e. The number of aliphatic hydroxyl groups excluding tert-OH is 1. The van der Waals surface area contributed by atoms with Crippen LogP contribution in [0.15, 0.2) is 18.2 Å². The molecule has 0 aliphatic heterocycles. The van der Waals surface area contributed by atoms with Crippen molar-refractivity contribution in [3.8, 4) is 0 Å². The quantitative estimate of drug-likeness (QED) is 0.775. The molecule has 0 saturated carbocycles. The van der Waals surface area contributed by atoms with Crippen molar-refractivity contribution in [1.29, 1.82) is 0 Å². The van der Waals surface area contributed by atoms with Crippen molar-refractivity contribution in [2.45, 2.75) is 32.1 Å². The van der Waals surface area contributed by atoms with Crippen LogP contribution in [-0.2, 0) is 17.5 Å². The first-order valence-corrected chi connectivity index (χ1v) is 5.86. The van der Waals surface area contributed by atoms with Crippen LogP contribution in [0.1, 0.15) is 23.6 Å². The number of hydrogen-bond acceptors (Lipinski definition) is 3. The highest BCUT2D eigenvalue weighted by molar-refractivity contribution is 5.78. The van der Waals surface area contributed by atoms with E-state index in [1.54, 1.807) is 0 Å². The Balaban J connectivity index is 2.86. The average Bonchev–Trinajstić information content (AvgIpc) is 2.34. The van der Waals surface area contributed by atoms with Gasteiger partial charge in [-0.1, -0.05) is 12.1 Å². The Labute approximate surface area is 114 Å². The molecule has 3 N–H and O–H groups in total. The highest BCUT2D eigenvalue weighted by Crippen LogP contribution is 2.32. The van der Waals surface area contributed by atoms with E-state index >= 15 is 0 Å². The number of carboxylic acids is 1. The molecule has 1 aromatic carbocycles. The molecule has 1 aromatic rings. The van der Waals surface area contributed by atoms with Crippen molar-refractivity contribution in [1.82, 2.24) is 5.32 Å². The average molecular weight is 291 g/mol. The van der Waals surface area contributed by atoms with Crippen LogP contribution in [0, 0.1) is 6.92 Å². The number of halogens is 3. The van der Waals surface area contributed by atoms with E-state index in [2.05, 4.69) is 5.32 Å². The van der Waals surface area contributed by atoms with Gasteiger partial charge in [-0.15, -0.1) is 0 Å². The van der Waals surface area contributed by atoms with Crippen LogP contribution in [0.5, 0.6) is 0 Å². The molecule has 4 nitrogen and oxygen atoms in total. The summed E-state index contributed by atoms with van der Waals surface area (Å²) in [4.78, 5) is 11.0. The minimum atomic E-state index is -4.41. The molecule has 0 aromatic heterocycles. The Bertz CT molecular complexity index is 502. The van der Waals surface area contributed by atoms with Crippen LogP contribution in [0.2, 0.25) is 0 Å². The summed E-state index contributed by atoms with van der Waals surface area (Å²) >= 11 is 0. The Morgan fingerprint density at radius 3 is 2.35 bits per heavy atom. The maximum atomic E-state index is 12.6. The second-order valence-electron chi connectivity index (χ2n) is 4.80. The lowest BCUT2D eigenvalue weighted by Gasteiger charge is -2.24. The molecular formula is C13H16F3NO3. The zero-order chi connectivity index (χ0) is 15.6. The number of carbonyl (C=O) groups is 1. The van der Waals surface area contributed by atoms with Gasteiger partial charge in [0.1, 0.15) is 5.54 Å². The first-order valence-electron chi connectivity index (χ1n) is 5.86. The molecule has 0 bridgehead atoms. The first kappa shape index (κ1) is 16.5. The van der Waals surface area contributed by atoms with Gasteiger partial charge in [-0.3, -0.25) is 10.1 Å². The van der Waals surface area contributed by atoms with E-state index in [-0.39, 0.29) is 12.1 Å². The van der Waals surface area contributed by atoms with E-state index in [4.69, 9.17) is 10.2 Å². The zero-order valence-electron chi connectivity index (χ0n) is 11.1. The summed E-state index contributed by atoms with van der Waals surface area (Å²) < 4.78 is 37.8. The van der Waals surface area contributed by atoms with Crippen LogP contribution in [0.3, 0.4) is 0 Å². The normalized spacial score (nSPS) is 14.9. The largest absolute Gasteiger partial charge is 0.480 e. The third-order valence-electron chi connectivity index (χ3n) is 3.07. The zero-order valence-corrected chi connectivity index (χ0v) is 11.1. The van der Waals surface area contributed by atoms with Gasteiger partial charge >= 0.3 is 12.1 Å². The summed E-state index contributed by atoms with van der Waals surface area (Å²) in [6.07, 6.45) is -4.41. The van der Waals surface area contributed by atoms with E-state index in [1.165, 1.54) is 26.0 Å². The van der Waals surface area contributed by atoms with Gasteiger partial charge < -0.3 is 10.2 Å². The molecule has 7 heteroatoms. The number of benzene rings is 1. The molecule has 1 atom stereocenters. The monoisotopic (exact) mass is 291 g/mol. The number of nitrogens with one attached hydrogen (secondary N) is 1. The number of rotatable bonds is 5. The summed E-state index contributed by atoms with van der Waals surface area (Å²) in [5.74, 6) is -1.23. The summed E-state index contributed by atoms with van der Waals surface area (Å²) in [6.45, 7) is 2.06. The van der Waals surface area contributed by atoms with Crippen molar-refractivity contribution >= 4 is 5.97 Å². The highest BCUT2D eigenvalue weighted by Gasteiger charge is 2.33. The van der Waals surface area contributed by atoms with Crippen LogP contribution in [0.25, 0.3) is 0 Å². The summed E-state index contributed by atoms with van der Waals surface area (Å²) in [7, 11) is 0. The van der Waals surface area contributed by atoms with Crippen LogP contribution >= 0.6 is 0 Å². The van der Waals surface area contributed by atoms with Crippen LogP contribution in [-0.4, -0.2) is 28.3 Å². The van der Waals surface area contributed by atoms with E-state index in [1.807, 2.05) is 0 Å². The fraction of sp³-hybridized carbons (Fsp3) is 0.462. The predicted octanol–water partition coefficient (Wildman–Crippen LogP) is 1.94. The molecule has 0 aliphatic carbocycles. The lowest BCUT2D eigenvalue weighted by Crippen LogP contribution is -2.52. The molecule has 20 heavy (non-hydrogen) atoms. The fourth-order valence-electron chi connectivity index (χ4n) is 1.65. The summed E-state index contributed by atoms with van der Waals surface area (Å²) in [5, 5.41) is 20.6. The van der Waals surface area contributed by atoms with Gasteiger partial charge in [0.05, 0.1) is 12.2 Å². The molecule has 0 amide bonds. The Hall–Kier alpha value is -1.60. The van der Waals surface area contributed by atoms with E-state index in [0.29, 0.717) is 5.56 Å². The van der Waals surface area contributed by atoms with Crippen LogP contribution < -0.4 is 5.32 Å². The second-order valence-corrected chi connectivity index (χ2v) is 4.80. The number of carboxylic acid groups (broad SMARTS) is 1. The van der Waals surface area contributed by atoms with Gasteiger partial charge in [0.25, 0.3) is 0 Å².